The summed E-state index contributed by atoms with van der Waals surface area (Å²) in [7, 11) is 1.62. The third-order valence-electron chi connectivity index (χ3n) is 3.32. The van der Waals surface area contributed by atoms with E-state index in [1.165, 1.54) is 12.1 Å². The summed E-state index contributed by atoms with van der Waals surface area (Å²) >= 11 is 0. The van der Waals surface area contributed by atoms with E-state index in [1.54, 1.807) is 19.2 Å². The fraction of sp³-hybridized carbons (Fsp3) is 0.417. The summed E-state index contributed by atoms with van der Waals surface area (Å²) in [6.45, 7) is 0. The van der Waals surface area contributed by atoms with Crippen LogP contribution in [-0.4, -0.2) is 17.9 Å². The monoisotopic (exact) mass is 234 g/mol. The molecule has 2 rings (SSSR count). The zero-order valence-corrected chi connectivity index (χ0v) is 9.60. The highest BCUT2D eigenvalue weighted by molar-refractivity contribution is 5.78. The fourth-order valence-electron chi connectivity index (χ4n) is 2.05. The zero-order valence-electron chi connectivity index (χ0n) is 9.60. The number of amides is 1. The molecule has 1 N–H and O–H groups in total. The Labute approximate surface area is 99.0 Å². The predicted octanol–water partition coefficient (Wildman–Crippen LogP) is 1.76. The summed E-state index contributed by atoms with van der Waals surface area (Å²) in [5.41, 5.74) is 1.02. The van der Waals surface area contributed by atoms with E-state index in [9.17, 15) is 14.9 Å². The van der Waals surface area contributed by atoms with Crippen molar-refractivity contribution in [2.75, 3.05) is 7.05 Å². The van der Waals surface area contributed by atoms with Crippen LogP contribution in [0.4, 0.5) is 5.69 Å². The third kappa shape index (κ3) is 2.27. The maximum atomic E-state index is 11.4. The van der Waals surface area contributed by atoms with E-state index in [0.29, 0.717) is 6.42 Å². The highest BCUT2D eigenvalue weighted by Crippen LogP contribution is 2.51. The van der Waals surface area contributed by atoms with Crippen LogP contribution in [0.1, 0.15) is 24.8 Å². The molecule has 5 heteroatoms. The van der Waals surface area contributed by atoms with Crippen molar-refractivity contribution in [2.45, 2.75) is 24.7 Å². The minimum Gasteiger partial charge on any atom is -0.359 e. The van der Waals surface area contributed by atoms with Gasteiger partial charge in [-0.25, -0.2) is 0 Å². The summed E-state index contributed by atoms with van der Waals surface area (Å²) in [6, 6.07) is 6.51. The molecule has 1 aliphatic carbocycles. The molecule has 1 aliphatic rings. The number of non-ortho nitro benzene ring substituents is 1. The molecule has 1 saturated carbocycles. The summed E-state index contributed by atoms with van der Waals surface area (Å²) in [5, 5.41) is 13.2. The number of benzene rings is 1. The van der Waals surface area contributed by atoms with E-state index in [0.717, 1.165) is 18.4 Å². The van der Waals surface area contributed by atoms with Gasteiger partial charge in [0, 0.05) is 31.0 Å². The number of hydrogen-bond acceptors (Lipinski definition) is 3. The number of rotatable bonds is 4. The lowest BCUT2D eigenvalue weighted by Crippen LogP contribution is -2.23. The van der Waals surface area contributed by atoms with Crippen molar-refractivity contribution in [3.05, 3.63) is 39.9 Å². The highest BCUT2D eigenvalue weighted by Gasteiger charge is 2.45. The van der Waals surface area contributed by atoms with Crippen molar-refractivity contribution in [3.8, 4) is 0 Å². The summed E-state index contributed by atoms with van der Waals surface area (Å²) < 4.78 is 0. The number of nitrogens with one attached hydrogen (secondary N) is 1. The van der Waals surface area contributed by atoms with Crippen LogP contribution in [0.5, 0.6) is 0 Å². The van der Waals surface area contributed by atoms with Gasteiger partial charge in [-0.15, -0.1) is 0 Å². The van der Waals surface area contributed by atoms with Crippen molar-refractivity contribution in [2.24, 2.45) is 0 Å². The summed E-state index contributed by atoms with van der Waals surface area (Å²) in [5.74, 6) is 0.0147. The third-order valence-corrected chi connectivity index (χ3v) is 3.32. The number of nitrogens with zero attached hydrogens (tertiary/aromatic N) is 1. The Balaban J connectivity index is 2.17. The van der Waals surface area contributed by atoms with Gasteiger partial charge < -0.3 is 5.32 Å². The molecule has 0 atom stereocenters. The van der Waals surface area contributed by atoms with Crippen molar-refractivity contribution in [1.82, 2.24) is 5.32 Å². The molecule has 1 amide bonds. The van der Waals surface area contributed by atoms with Gasteiger partial charge in [-0.2, -0.15) is 0 Å². The van der Waals surface area contributed by atoms with Gasteiger partial charge in [-0.05, 0) is 18.4 Å². The normalized spacial score (nSPS) is 16.3. The Morgan fingerprint density at radius 3 is 2.41 bits per heavy atom. The second-order valence-corrected chi connectivity index (χ2v) is 4.43. The maximum Gasteiger partial charge on any atom is 0.269 e. The molecule has 0 saturated heterocycles. The standard InChI is InChI=1S/C12H14N2O3/c1-13-11(15)8-12(6-7-12)9-2-4-10(5-3-9)14(16)17/h2-5H,6-8H2,1H3,(H,13,15). The van der Waals surface area contributed by atoms with Crippen molar-refractivity contribution < 1.29 is 9.72 Å². The van der Waals surface area contributed by atoms with Gasteiger partial charge in [0.1, 0.15) is 0 Å². The van der Waals surface area contributed by atoms with E-state index < -0.39 is 4.92 Å². The topological polar surface area (TPSA) is 72.2 Å². The van der Waals surface area contributed by atoms with Crippen molar-refractivity contribution >= 4 is 11.6 Å². The molecule has 1 aromatic rings. The molecular formula is C12H14N2O3. The summed E-state index contributed by atoms with van der Waals surface area (Å²) in [4.78, 5) is 21.5. The molecule has 17 heavy (non-hydrogen) atoms. The minimum absolute atomic E-state index is 0.0147. The smallest absolute Gasteiger partial charge is 0.269 e. The van der Waals surface area contributed by atoms with Crippen LogP contribution < -0.4 is 5.32 Å². The number of carbonyl (C=O) groups excluding carboxylic acids is 1. The van der Waals surface area contributed by atoms with E-state index in [-0.39, 0.29) is 17.0 Å². The van der Waals surface area contributed by atoms with Gasteiger partial charge in [-0.3, -0.25) is 14.9 Å². The first kappa shape index (κ1) is 11.6. The Morgan fingerprint density at radius 2 is 2.00 bits per heavy atom. The van der Waals surface area contributed by atoms with Gasteiger partial charge in [0.25, 0.3) is 5.69 Å². The van der Waals surface area contributed by atoms with Gasteiger partial charge >= 0.3 is 0 Å². The Morgan fingerprint density at radius 1 is 1.41 bits per heavy atom. The first-order valence-corrected chi connectivity index (χ1v) is 5.53. The molecule has 1 aromatic carbocycles. The van der Waals surface area contributed by atoms with Crippen LogP contribution in [0.15, 0.2) is 24.3 Å². The number of carbonyl (C=O) groups is 1. The first-order valence-electron chi connectivity index (χ1n) is 5.53. The van der Waals surface area contributed by atoms with Crippen LogP contribution in [0.25, 0.3) is 0 Å². The number of hydrogen-bond donors (Lipinski definition) is 1. The SMILES string of the molecule is CNC(=O)CC1(c2ccc([N+](=O)[O-])cc2)CC1. The lowest BCUT2D eigenvalue weighted by Gasteiger charge is -2.14. The lowest BCUT2D eigenvalue weighted by molar-refractivity contribution is -0.384. The number of nitro groups is 1. The Bertz CT molecular complexity index is 449. The van der Waals surface area contributed by atoms with Gasteiger partial charge in [0.05, 0.1) is 4.92 Å². The molecule has 0 bridgehead atoms. The van der Waals surface area contributed by atoms with Crippen molar-refractivity contribution in [3.63, 3.8) is 0 Å². The first-order chi connectivity index (χ1) is 8.07. The lowest BCUT2D eigenvalue weighted by atomic mass is 9.92. The van der Waals surface area contributed by atoms with E-state index in [4.69, 9.17) is 0 Å². The van der Waals surface area contributed by atoms with E-state index >= 15 is 0 Å². The van der Waals surface area contributed by atoms with E-state index in [2.05, 4.69) is 5.32 Å². The molecule has 90 valence electrons. The molecular weight excluding hydrogens is 220 g/mol. The molecule has 0 spiro atoms. The maximum absolute atomic E-state index is 11.4. The molecule has 0 aromatic heterocycles. The van der Waals surface area contributed by atoms with Crippen LogP contribution in [-0.2, 0) is 10.2 Å². The number of nitro benzene ring substituents is 1. The highest BCUT2D eigenvalue weighted by atomic mass is 16.6. The molecule has 0 aliphatic heterocycles. The van der Waals surface area contributed by atoms with Crippen LogP contribution in [0.2, 0.25) is 0 Å². The van der Waals surface area contributed by atoms with Crippen LogP contribution in [0, 0.1) is 10.1 Å². The molecule has 0 unspecified atom stereocenters. The quantitative estimate of drug-likeness (QED) is 0.637. The van der Waals surface area contributed by atoms with Gasteiger partial charge in [0.2, 0.25) is 5.91 Å². The molecule has 0 radical (unpaired) electrons. The van der Waals surface area contributed by atoms with Crippen molar-refractivity contribution in [1.29, 1.82) is 0 Å². The Hall–Kier alpha value is -1.91. The van der Waals surface area contributed by atoms with Crippen LogP contribution >= 0.6 is 0 Å². The molecule has 1 fully saturated rings. The molecule has 5 nitrogen and oxygen atoms in total. The van der Waals surface area contributed by atoms with Gasteiger partial charge in [-0.1, -0.05) is 12.1 Å². The Kier molecular flexibility index (Phi) is 2.83. The van der Waals surface area contributed by atoms with E-state index in [1.807, 2.05) is 0 Å². The second-order valence-electron chi connectivity index (χ2n) is 4.43. The fourth-order valence-corrected chi connectivity index (χ4v) is 2.05. The molecule has 0 heterocycles. The average Bonchev–Trinajstić information content (AvgIpc) is 3.10. The summed E-state index contributed by atoms with van der Waals surface area (Å²) in [6.07, 6.45) is 2.40. The second kappa shape index (κ2) is 4.16. The largest absolute Gasteiger partial charge is 0.359 e. The minimum atomic E-state index is -0.415. The predicted molar refractivity (Wildman–Crippen MR) is 62.7 cm³/mol. The van der Waals surface area contributed by atoms with Crippen LogP contribution in [0.3, 0.4) is 0 Å². The average molecular weight is 234 g/mol. The van der Waals surface area contributed by atoms with Gasteiger partial charge in [0.15, 0.2) is 0 Å². The zero-order chi connectivity index (χ0) is 12.5.